The zero-order valence-corrected chi connectivity index (χ0v) is 33.2. The molecule has 0 amide bonds. The first-order valence-electron chi connectivity index (χ1n) is 20.1. The van der Waals surface area contributed by atoms with Crippen LogP contribution in [0.15, 0.2) is 24.3 Å². The molecule has 0 spiro atoms. The van der Waals surface area contributed by atoms with Crippen LogP contribution >= 0.6 is 7.82 Å². The van der Waals surface area contributed by atoms with E-state index in [1.807, 2.05) is 0 Å². The molecule has 1 aliphatic rings. The van der Waals surface area contributed by atoms with Crippen molar-refractivity contribution in [1.82, 2.24) is 0 Å². The molecule has 53 heavy (non-hydrogen) atoms. The van der Waals surface area contributed by atoms with Crippen molar-refractivity contribution in [3.63, 3.8) is 0 Å². The van der Waals surface area contributed by atoms with Crippen molar-refractivity contribution in [1.29, 1.82) is 0 Å². The number of hydrogen-bond acceptors (Lipinski definition) is 12. The van der Waals surface area contributed by atoms with E-state index in [4.69, 9.17) is 18.5 Å². The SMILES string of the molecule is CCCC/C=C/CCCCCCCC(=O)OC[C@H](COP(=O)(O)OC1C(O)C(O)C(O)[C@@H](O)C1O)OC(=O)CCCCC/C=C/CCCCCCCC. The lowest BCUT2D eigenvalue weighted by Crippen LogP contribution is -2.64. The van der Waals surface area contributed by atoms with E-state index in [9.17, 15) is 44.6 Å². The second-order valence-corrected chi connectivity index (χ2v) is 15.5. The first kappa shape index (κ1) is 49.3. The Morgan fingerprint density at radius 3 is 1.51 bits per heavy atom. The summed E-state index contributed by atoms with van der Waals surface area (Å²) in [5.41, 5.74) is 0. The fraction of sp³-hybridized carbons (Fsp3) is 0.846. The second kappa shape index (κ2) is 30.5. The number of rotatable bonds is 32. The van der Waals surface area contributed by atoms with Gasteiger partial charge in [-0.25, -0.2) is 4.57 Å². The standard InChI is InChI=1S/C39H71O13P/c1-3-5-7-9-11-13-15-16-18-20-22-24-26-28-33(41)51-31(29-49-32(40)27-25-23-21-19-17-14-12-10-8-6-4-2)30-50-53(47,48)52-39-37(45)35(43)34(42)36(44)38(39)46/h10,12,16,18,31,34-39,42-46H,3-9,11,13-15,17,19-30H2,1-2H3,(H,47,48)/b12-10+,18-16+/t31-,34?,35-,36?,37?,38?,39?/m1/s1. The molecule has 0 aromatic carbocycles. The van der Waals surface area contributed by atoms with Gasteiger partial charge in [0, 0.05) is 12.8 Å². The van der Waals surface area contributed by atoms with Crippen molar-refractivity contribution in [2.75, 3.05) is 13.2 Å². The molecule has 8 atom stereocenters. The summed E-state index contributed by atoms with van der Waals surface area (Å²) >= 11 is 0. The van der Waals surface area contributed by atoms with Gasteiger partial charge in [0.1, 0.15) is 43.2 Å². The molecule has 13 nitrogen and oxygen atoms in total. The number of allylic oxidation sites excluding steroid dienone is 4. The van der Waals surface area contributed by atoms with Crippen molar-refractivity contribution < 1.29 is 63.1 Å². The number of ether oxygens (including phenoxy) is 2. The zero-order valence-electron chi connectivity index (χ0n) is 32.3. The van der Waals surface area contributed by atoms with Gasteiger partial charge in [-0.3, -0.25) is 18.6 Å². The van der Waals surface area contributed by atoms with Crippen molar-refractivity contribution in [3.8, 4) is 0 Å². The molecular formula is C39H71O13P. The van der Waals surface area contributed by atoms with E-state index in [-0.39, 0.29) is 12.8 Å². The maximum absolute atomic E-state index is 12.7. The Kier molecular flexibility index (Phi) is 28.4. The molecule has 0 heterocycles. The van der Waals surface area contributed by atoms with Gasteiger partial charge in [0.2, 0.25) is 0 Å². The van der Waals surface area contributed by atoms with Gasteiger partial charge in [0.05, 0.1) is 6.61 Å². The highest BCUT2D eigenvalue weighted by Crippen LogP contribution is 2.47. The van der Waals surface area contributed by atoms with Gasteiger partial charge in [-0.2, -0.15) is 0 Å². The normalized spacial score (nSPS) is 23.7. The van der Waals surface area contributed by atoms with Crippen LogP contribution in [0.1, 0.15) is 155 Å². The highest BCUT2D eigenvalue weighted by molar-refractivity contribution is 7.47. The predicted molar refractivity (Wildman–Crippen MR) is 203 cm³/mol. The molecule has 14 heteroatoms. The first-order chi connectivity index (χ1) is 25.4. The Balaban J connectivity index is 2.55. The minimum Gasteiger partial charge on any atom is -0.462 e. The van der Waals surface area contributed by atoms with E-state index < -0.39 is 75.7 Å². The molecule has 310 valence electrons. The van der Waals surface area contributed by atoms with E-state index in [0.717, 1.165) is 64.2 Å². The number of carbonyl (C=O) groups excluding carboxylic acids is 2. The molecule has 0 aliphatic heterocycles. The number of carbonyl (C=O) groups is 2. The monoisotopic (exact) mass is 778 g/mol. The number of unbranched alkanes of at least 4 members (excludes halogenated alkanes) is 16. The third-order valence-electron chi connectivity index (χ3n) is 9.27. The Labute approximate surface area is 317 Å². The van der Waals surface area contributed by atoms with Crippen molar-refractivity contribution in [2.24, 2.45) is 0 Å². The molecule has 1 rings (SSSR count). The van der Waals surface area contributed by atoms with Crippen molar-refractivity contribution in [2.45, 2.75) is 198 Å². The summed E-state index contributed by atoms with van der Waals surface area (Å²) in [4.78, 5) is 35.4. The van der Waals surface area contributed by atoms with Crippen LogP contribution < -0.4 is 0 Å². The topological polar surface area (TPSA) is 210 Å². The Morgan fingerprint density at radius 1 is 0.566 bits per heavy atom. The summed E-state index contributed by atoms with van der Waals surface area (Å²) in [6, 6.07) is 0. The van der Waals surface area contributed by atoms with Gasteiger partial charge < -0.3 is 39.9 Å². The summed E-state index contributed by atoms with van der Waals surface area (Å²) < 4.78 is 33.3. The Hall–Kier alpha value is -1.67. The summed E-state index contributed by atoms with van der Waals surface area (Å²) in [5.74, 6) is -1.13. The average molecular weight is 779 g/mol. The van der Waals surface area contributed by atoms with Crippen LogP contribution in [0.4, 0.5) is 0 Å². The van der Waals surface area contributed by atoms with E-state index in [2.05, 4.69) is 38.2 Å². The summed E-state index contributed by atoms with van der Waals surface area (Å²) in [7, 11) is -5.11. The number of phosphoric acid groups is 1. The van der Waals surface area contributed by atoms with Gasteiger partial charge in [-0.05, 0) is 57.8 Å². The zero-order chi connectivity index (χ0) is 39.3. The highest BCUT2D eigenvalue weighted by atomic mass is 31.2. The molecule has 0 saturated heterocycles. The largest absolute Gasteiger partial charge is 0.472 e. The number of aliphatic hydroxyl groups is 5. The van der Waals surface area contributed by atoms with Crippen molar-refractivity contribution in [3.05, 3.63) is 24.3 Å². The third kappa shape index (κ3) is 23.8. The van der Waals surface area contributed by atoms with Crippen LogP contribution in [-0.4, -0.2) is 98.3 Å². The lowest BCUT2D eigenvalue weighted by Gasteiger charge is -2.41. The minimum atomic E-state index is -5.11. The molecule has 0 aromatic rings. The molecule has 0 aromatic heterocycles. The lowest BCUT2D eigenvalue weighted by molar-refractivity contribution is -0.220. The fourth-order valence-electron chi connectivity index (χ4n) is 5.91. The molecule has 0 radical (unpaired) electrons. The minimum absolute atomic E-state index is 0.0757. The first-order valence-corrected chi connectivity index (χ1v) is 21.6. The molecular weight excluding hydrogens is 707 g/mol. The van der Waals surface area contributed by atoms with Crippen LogP contribution in [-0.2, 0) is 32.7 Å². The fourth-order valence-corrected chi connectivity index (χ4v) is 6.88. The summed E-state index contributed by atoms with van der Waals surface area (Å²) in [6.07, 6.45) is 16.8. The van der Waals surface area contributed by atoms with Crippen molar-refractivity contribution >= 4 is 19.8 Å². The average Bonchev–Trinajstić information content (AvgIpc) is 3.13. The number of esters is 2. The third-order valence-corrected chi connectivity index (χ3v) is 10.3. The van der Waals surface area contributed by atoms with Gasteiger partial charge in [0.15, 0.2) is 6.10 Å². The van der Waals surface area contributed by atoms with Gasteiger partial charge in [-0.1, -0.05) is 109 Å². The van der Waals surface area contributed by atoms with Crippen LogP contribution in [0.25, 0.3) is 0 Å². The van der Waals surface area contributed by atoms with Crippen LogP contribution in [0.2, 0.25) is 0 Å². The molecule has 1 saturated carbocycles. The lowest BCUT2D eigenvalue weighted by atomic mass is 9.85. The number of hydrogen-bond donors (Lipinski definition) is 6. The predicted octanol–water partition coefficient (Wildman–Crippen LogP) is 6.50. The van der Waals surface area contributed by atoms with E-state index in [0.29, 0.717) is 12.8 Å². The molecule has 6 N–H and O–H groups in total. The maximum atomic E-state index is 12.7. The van der Waals surface area contributed by atoms with Crippen LogP contribution in [0.3, 0.4) is 0 Å². The number of aliphatic hydroxyl groups excluding tert-OH is 5. The Bertz CT molecular complexity index is 1040. The van der Waals surface area contributed by atoms with Gasteiger partial charge in [-0.15, -0.1) is 0 Å². The van der Waals surface area contributed by atoms with E-state index >= 15 is 0 Å². The number of phosphoric ester groups is 1. The van der Waals surface area contributed by atoms with E-state index in [1.54, 1.807) is 0 Å². The Morgan fingerprint density at radius 2 is 0.981 bits per heavy atom. The van der Waals surface area contributed by atoms with E-state index in [1.165, 1.54) is 51.4 Å². The van der Waals surface area contributed by atoms with Crippen LogP contribution in [0.5, 0.6) is 0 Å². The van der Waals surface area contributed by atoms with Gasteiger partial charge in [0.25, 0.3) is 0 Å². The molecule has 1 aliphatic carbocycles. The quantitative estimate of drug-likeness (QED) is 0.0187. The maximum Gasteiger partial charge on any atom is 0.472 e. The summed E-state index contributed by atoms with van der Waals surface area (Å²) in [6.45, 7) is 3.20. The molecule has 6 unspecified atom stereocenters. The highest BCUT2D eigenvalue weighted by Gasteiger charge is 2.51. The second-order valence-electron chi connectivity index (χ2n) is 14.1. The van der Waals surface area contributed by atoms with Gasteiger partial charge >= 0.3 is 19.8 Å². The molecule has 1 fully saturated rings. The summed E-state index contributed by atoms with van der Waals surface area (Å²) in [5, 5.41) is 49.9. The smallest absolute Gasteiger partial charge is 0.462 e. The molecule has 0 bridgehead atoms. The van der Waals surface area contributed by atoms with Crippen LogP contribution in [0, 0.1) is 0 Å².